The number of amides is 2. The van der Waals surface area contributed by atoms with E-state index in [1.807, 2.05) is 0 Å². The number of hydrogen-bond donors (Lipinski definition) is 2. The van der Waals surface area contributed by atoms with Gasteiger partial charge in [0.25, 0.3) is 0 Å². The van der Waals surface area contributed by atoms with Crippen molar-refractivity contribution in [2.24, 2.45) is 0 Å². The minimum absolute atomic E-state index is 0.0361. The van der Waals surface area contributed by atoms with Gasteiger partial charge < -0.3 is 15.4 Å². The van der Waals surface area contributed by atoms with Crippen molar-refractivity contribution < 1.29 is 18.7 Å². The lowest BCUT2D eigenvalue weighted by Gasteiger charge is -2.24. The van der Waals surface area contributed by atoms with Crippen molar-refractivity contribution in [3.05, 3.63) is 34.6 Å². The summed E-state index contributed by atoms with van der Waals surface area (Å²) in [6.07, 6.45) is 1.81. The summed E-state index contributed by atoms with van der Waals surface area (Å²) < 4.78 is 19.4. The van der Waals surface area contributed by atoms with Gasteiger partial charge in [-0.15, -0.1) is 0 Å². The Kier molecular flexibility index (Phi) is 3.27. The second kappa shape index (κ2) is 5.09. The number of halogens is 2. The highest BCUT2D eigenvalue weighted by Crippen LogP contribution is 2.50. The lowest BCUT2D eigenvalue weighted by molar-refractivity contribution is -0.125. The monoisotopic (exact) mass is 338 g/mol. The average Bonchev–Trinajstić information content (AvgIpc) is 3.22. The summed E-state index contributed by atoms with van der Waals surface area (Å²) in [4.78, 5) is 24.1. The second-order valence-corrected chi connectivity index (χ2v) is 6.98. The summed E-state index contributed by atoms with van der Waals surface area (Å²) >= 11 is 5.78. The van der Waals surface area contributed by atoms with Crippen LogP contribution in [-0.2, 0) is 14.9 Å². The van der Waals surface area contributed by atoms with E-state index in [1.54, 1.807) is 12.1 Å². The number of nitrogens with one attached hydrogen (secondary N) is 2. The van der Waals surface area contributed by atoms with E-state index in [0.717, 1.165) is 0 Å². The highest BCUT2D eigenvalue weighted by molar-refractivity contribution is 6.30. The van der Waals surface area contributed by atoms with Gasteiger partial charge in [0.1, 0.15) is 11.9 Å². The van der Waals surface area contributed by atoms with E-state index in [9.17, 15) is 14.0 Å². The molecular weight excluding hydrogens is 323 g/mol. The van der Waals surface area contributed by atoms with Crippen molar-refractivity contribution in [3.63, 3.8) is 0 Å². The molecule has 3 fully saturated rings. The summed E-state index contributed by atoms with van der Waals surface area (Å²) in [7, 11) is 0. The molecule has 122 valence electrons. The van der Waals surface area contributed by atoms with Crippen LogP contribution in [-0.4, -0.2) is 30.2 Å². The molecule has 0 aromatic heterocycles. The van der Waals surface area contributed by atoms with Crippen molar-refractivity contribution in [2.45, 2.75) is 49.3 Å². The van der Waals surface area contributed by atoms with Gasteiger partial charge in [-0.3, -0.25) is 4.79 Å². The lowest BCUT2D eigenvalue weighted by atomic mass is 9.94. The fourth-order valence-electron chi connectivity index (χ4n) is 3.67. The van der Waals surface area contributed by atoms with Crippen LogP contribution >= 0.6 is 11.6 Å². The summed E-state index contributed by atoms with van der Waals surface area (Å²) in [6, 6.07) is 4.23. The van der Waals surface area contributed by atoms with Gasteiger partial charge >= 0.3 is 6.09 Å². The Labute approximate surface area is 137 Å². The maximum absolute atomic E-state index is 14.2. The molecule has 0 radical (unpaired) electrons. The molecule has 1 aromatic rings. The molecule has 3 atom stereocenters. The van der Waals surface area contributed by atoms with E-state index < -0.39 is 17.3 Å². The first-order valence-electron chi connectivity index (χ1n) is 7.71. The first-order valence-corrected chi connectivity index (χ1v) is 8.09. The zero-order chi connectivity index (χ0) is 16.2. The smallest absolute Gasteiger partial charge is 0.407 e. The zero-order valence-electron chi connectivity index (χ0n) is 12.3. The molecule has 0 spiro atoms. The van der Waals surface area contributed by atoms with Crippen LogP contribution in [0, 0.1) is 5.82 Å². The van der Waals surface area contributed by atoms with Crippen molar-refractivity contribution in [1.82, 2.24) is 10.6 Å². The van der Waals surface area contributed by atoms with Crippen molar-refractivity contribution in [3.8, 4) is 0 Å². The predicted molar refractivity (Wildman–Crippen MR) is 80.7 cm³/mol. The van der Waals surface area contributed by atoms with E-state index in [2.05, 4.69) is 10.6 Å². The molecule has 2 saturated carbocycles. The van der Waals surface area contributed by atoms with Gasteiger partial charge in [0.05, 0.1) is 11.5 Å². The third-order valence-electron chi connectivity index (χ3n) is 5.03. The molecule has 1 heterocycles. The zero-order valence-corrected chi connectivity index (χ0v) is 13.0. The molecule has 2 aliphatic carbocycles. The molecule has 3 aliphatic rings. The highest BCUT2D eigenvalue weighted by atomic mass is 35.5. The third kappa shape index (κ3) is 2.45. The summed E-state index contributed by atoms with van der Waals surface area (Å²) in [5, 5.41) is 5.99. The number of carbonyl (C=O) groups is 2. The Morgan fingerprint density at radius 2 is 2.17 bits per heavy atom. The minimum Gasteiger partial charge on any atom is -0.444 e. The van der Waals surface area contributed by atoms with Crippen LogP contribution in [0.5, 0.6) is 0 Å². The first-order chi connectivity index (χ1) is 11.0. The first kappa shape index (κ1) is 14.8. The lowest BCUT2D eigenvalue weighted by Crippen LogP contribution is -2.47. The van der Waals surface area contributed by atoms with E-state index in [4.69, 9.17) is 16.3 Å². The van der Waals surface area contributed by atoms with E-state index in [-0.39, 0.29) is 24.1 Å². The largest absolute Gasteiger partial charge is 0.444 e. The molecule has 7 heteroatoms. The van der Waals surface area contributed by atoms with Gasteiger partial charge in [-0.05, 0) is 31.4 Å². The Balaban J connectivity index is 1.52. The third-order valence-corrected chi connectivity index (χ3v) is 5.27. The van der Waals surface area contributed by atoms with Crippen molar-refractivity contribution >= 4 is 23.6 Å². The standard InChI is InChI=1S/C16H16ClFN2O3/c17-8-1-2-10(11(18)5-8)16(3-4-16)14(21)20-12-6-9-7-13(12)23-15(22)19-9/h1-2,5,9,12-13H,3-4,6-7H2,(H,19,22)(H,20,21)/t9-,12-,13-/m1/s1. The molecule has 5 nitrogen and oxygen atoms in total. The number of rotatable bonds is 3. The maximum atomic E-state index is 14.2. The van der Waals surface area contributed by atoms with Crippen LogP contribution in [0.4, 0.5) is 9.18 Å². The number of carbonyl (C=O) groups excluding carboxylic acids is 2. The maximum Gasteiger partial charge on any atom is 0.407 e. The number of hydrogen-bond acceptors (Lipinski definition) is 3. The van der Waals surface area contributed by atoms with Crippen molar-refractivity contribution in [2.75, 3.05) is 0 Å². The molecule has 1 aliphatic heterocycles. The molecule has 1 aromatic carbocycles. The van der Waals surface area contributed by atoms with Gasteiger partial charge in [-0.25, -0.2) is 9.18 Å². The van der Waals surface area contributed by atoms with Crippen LogP contribution in [0.2, 0.25) is 5.02 Å². The Hall–Kier alpha value is -1.82. The van der Waals surface area contributed by atoms with Crippen LogP contribution in [0.3, 0.4) is 0 Å². The number of alkyl carbamates (subject to hydrolysis) is 1. The minimum atomic E-state index is -0.817. The number of fused-ring (bicyclic) bond motifs is 2. The van der Waals surface area contributed by atoms with Crippen LogP contribution in [0.1, 0.15) is 31.2 Å². The van der Waals surface area contributed by atoms with Gasteiger partial charge in [0, 0.05) is 23.0 Å². The van der Waals surface area contributed by atoms with E-state index in [0.29, 0.717) is 36.3 Å². The van der Waals surface area contributed by atoms with Gasteiger partial charge in [0.15, 0.2) is 0 Å². The fourth-order valence-corrected chi connectivity index (χ4v) is 3.82. The summed E-state index contributed by atoms with van der Waals surface area (Å²) in [5.41, 5.74) is -0.432. The fraction of sp³-hybridized carbons (Fsp3) is 0.500. The SMILES string of the molecule is O=C1N[C@@H]2C[C@@H](NC(=O)C3(c4ccc(Cl)cc4F)CC3)[C@@H](C2)O1. The molecule has 23 heavy (non-hydrogen) atoms. The Bertz CT molecular complexity index is 692. The second-order valence-electron chi connectivity index (χ2n) is 6.54. The number of ether oxygens (including phenoxy) is 1. The van der Waals surface area contributed by atoms with Crippen LogP contribution in [0.25, 0.3) is 0 Å². The van der Waals surface area contributed by atoms with E-state index >= 15 is 0 Å². The Morgan fingerprint density at radius 1 is 1.39 bits per heavy atom. The topological polar surface area (TPSA) is 67.4 Å². The molecule has 0 unspecified atom stereocenters. The van der Waals surface area contributed by atoms with Gasteiger partial charge in [-0.1, -0.05) is 17.7 Å². The summed E-state index contributed by atoms with van der Waals surface area (Å²) in [6.45, 7) is 0. The predicted octanol–water partition coefficient (Wildman–Crippen LogP) is 2.27. The van der Waals surface area contributed by atoms with Gasteiger partial charge in [-0.2, -0.15) is 0 Å². The summed E-state index contributed by atoms with van der Waals surface area (Å²) in [5.74, 6) is -0.657. The molecule has 1 saturated heterocycles. The molecule has 2 amide bonds. The normalized spacial score (nSPS) is 30.3. The average molecular weight is 339 g/mol. The van der Waals surface area contributed by atoms with Crippen LogP contribution < -0.4 is 10.6 Å². The molecular formula is C16H16ClFN2O3. The number of benzene rings is 1. The highest BCUT2D eigenvalue weighted by Gasteiger charge is 2.54. The van der Waals surface area contributed by atoms with E-state index in [1.165, 1.54) is 6.07 Å². The van der Waals surface area contributed by atoms with Crippen LogP contribution in [0.15, 0.2) is 18.2 Å². The quantitative estimate of drug-likeness (QED) is 0.888. The Morgan fingerprint density at radius 3 is 2.87 bits per heavy atom. The molecule has 2 N–H and O–H groups in total. The molecule has 4 rings (SSSR count). The van der Waals surface area contributed by atoms with Gasteiger partial charge in [0.2, 0.25) is 5.91 Å². The van der Waals surface area contributed by atoms with Crippen molar-refractivity contribution in [1.29, 1.82) is 0 Å². The molecule has 2 bridgehead atoms.